The Morgan fingerprint density at radius 3 is 2.62 bits per heavy atom. The van der Waals surface area contributed by atoms with Gasteiger partial charge in [-0.3, -0.25) is 14.8 Å². The van der Waals surface area contributed by atoms with Gasteiger partial charge in [0.25, 0.3) is 0 Å². The Labute approximate surface area is 127 Å². The van der Waals surface area contributed by atoms with Crippen LogP contribution in [0.15, 0.2) is 18.5 Å². The van der Waals surface area contributed by atoms with Crippen LogP contribution in [0.5, 0.6) is 0 Å². The highest BCUT2D eigenvalue weighted by Gasteiger charge is 2.17. The van der Waals surface area contributed by atoms with E-state index in [1.54, 1.807) is 6.92 Å². The van der Waals surface area contributed by atoms with Gasteiger partial charge in [0.2, 0.25) is 0 Å². The summed E-state index contributed by atoms with van der Waals surface area (Å²) in [6.45, 7) is 5.43. The predicted molar refractivity (Wildman–Crippen MR) is 78.1 cm³/mol. The molecular weight excluding hydrogens is 293 g/mol. The number of halogens is 2. The van der Waals surface area contributed by atoms with Crippen LogP contribution < -0.4 is 0 Å². The summed E-state index contributed by atoms with van der Waals surface area (Å²) in [5.74, 6) is -0.873. The standard InChI is InChI=1S/C15H15ClFN3O/c1-8(2)15-14(17)11(16)4-10(20-15)5-13(21)12-7-18-9(3)6-19-12/h4,6-8H,5H2,1-3H3. The molecule has 0 bridgehead atoms. The van der Waals surface area contributed by atoms with Crippen molar-refractivity contribution >= 4 is 17.4 Å². The smallest absolute Gasteiger partial charge is 0.188 e. The van der Waals surface area contributed by atoms with Crippen molar-refractivity contribution in [1.29, 1.82) is 0 Å². The van der Waals surface area contributed by atoms with Crippen LogP contribution in [-0.4, -0.2) is 20.7 Å². The molecule has 0 aliphatic heterocycles. The highest BCUT2D eigenvalue weighted by molar-refractivity contribution is 6.30. The quantitative estimate of drug-likeness (QED) is 0.811. The molecule has 0 atom stereocenters. The maximum atomic E-state index is 13.8. The molecule has 21 heavy (non-hydrogen) atoms. The summed E-state index contributed by atoms with van der Waals surface area (Å²) >= 11 is 5.86. The molecule has 0 radical (unpaired) electrons. The summed E-state index contributed by atoms with van der Waals surface area (Å²) in [6, 6.07) is 1.38. The van der Waals surface area contributed by atoms with Crippen LogP contribution in [0.1, 0.15) is 47.3 Å². The van der Waals surface area contributed by atoms with Crippen LogP contribution in [0, 0.1) is 12.7 Å². The number of Topliss-reactive ketones (excluding diaryl/α,β-unsaturated/α-hetero) is 1. The Hall–Kier alpha value is -1.88. The fraction of sp³-hybridized carbons (Fsp3) is 0.333. The van der Waals surface area contributed by atoms with E-state index in [1.807, 2.05) is 13.8 Å². The van der Waals surface area contributed by atoms with Crippen molar-refractivity contribution in [3.8, 4) is 0 Å². The van der Waals surface area contributed by atoms with Gasteiger partial charge in [0.1, 0.15) is 5.69 Å². The topological polar surface area (TPSA) is 55.7 Å². The maximum absolute atomic E-state index is 13.8. The second-order valence-corrected chi connectivity index (χ2v) is 5.50. The van der Waals surface area contributed by atoms with E-state index in [1.165, 1.54) is 18.5 Å². The molecule has 0 saturated heterocycles. The van der Waals surface area contributed by atoms with Crippen molar-refractivity contribution in [3.05, 3.63) is 52.1 Å². The van der Waals surface area contributed by atoms with Crippen LogP contribution in [0.4, 0.5) is 4.39 Å². The van der Waals surface area contributed by atoms with Gasteiger partial charge in [-0.15, -0.1) is 0 Å². The zero-order valence-corrected chi connectivity index (χ0v) is 12.8. The van der Waals surface area contributed by atoms with E-state index in [4.69, 9.17) is 11.6 Å². The Bertz CT molecular complexity index is 671. The van der Waals surface area contributed by atoms with Gasteiger partial charge in [-0.1, -0.05) is 25.4 Å². The summed E-state index contributed by atoms with van der Waals surface area (Å²) in [6.07, 6.45) is 2.96. The second-order valence-electron chi connectivity index (χ2n) is 5.09. The van der Waals surface area contributed by atoms with Crippen molar-refractivity contribution < 1.29 is 9.18 Å². The Kier molecular flexibility index (Phi) is 4.63. The van der Waals surface area contributed by atoms with E-state index in [0.717, 1.165) is 5.69 Å². The third-order valence-electron chi connectivity index (χ3n) is 2.95. The largest absolute Gasteiger partial charge is 0.292 e. The van der Waals surface area contributed by atoms with Crippen molar-refractivity contribution in [2.45, 2.75) is 33.1 Å². The SMILES string of the molecule is Cc1cnc(C(=O)Cc2cc(Cl)c(F)c(C(C)C)n2)cn1. The number of nitrogens with zero attached hydrogens (tertiary/aromatic N) is 3. The molecule has 0 aromatic carbocycles. The molecule has 0 aliphatic rings. The molecule has 0 unspecified atom stereocenters. The molecule has 110 valence electrons. The summed E-state index contributed by atoms with van der Waals surface area (Å²) in [5.41, 5.74) is 1.68. The van der Waals surface area contributed by atoms with E-state index < -0.39 is 5.82 Å². The normalized spacial score (nSPS) is 11.0. The van der Waals surface area contributed by atoms with Gasteiger partial charge in [-0.25, -0.2) is 9.37 Å². The minimum absolute atomic E-state index is 0.0114. The highest BCUT2D eigenvalue weighted by atomic mass is 35.5. The fourth-order valence-corrected chi connectivity index (χ4v) is 2.06. The van der Waals surface area contributed by atoms with Crippen LogP contribution >= 0.6 is 11.6 Å². The van der Waals surface area contributed by atoms with Gasteiger partial charge >= 0.3 is 0 Å². The van der Waals surface area contributed by atoms with Crippen molar-refractivity contribution in [2.75, 3.05) is 0 Å². The number of carbonyl (C=O) groups is 1. The summed E-state index contributed by atoms with van der Waals surface area (Å²) in [7, 11) is 0. The molecule has 0 saturated carbocycles. The monoisotopic (exact) mass is 307 g/mol. The first-order valence-electron chi connectivity index (χ1n) is 6.55. The average molecular weight is 308 g/mol. The van der Waals surface area contributed by atoms with Crippen molar-refractivity contribution in [1.82, 2.24) is 15.0 Å². The number of ketones is 1. The van der Waals surface area contributed by atoms with E-state index >= 15 is 0 Å². The van der Waals surface area contributed by atoms with Gasteiger partial charge in [0.15, 0.2) is 11.6 Å². The van der Waals surface area contributed by atoms with E-state index in [-0.39, 0.29) is 34.5 Å². The molecule has 2 heterocycles. The van der Waals surface area contributed by atoms with Gasteiger partial charge in [0.05, 0.1) is 34.7 Å². The van der Waals surface area contributed by atoms with Gasteiger partial charge < -0.3 is 0 Å². The number of aryl methyl sites for hydroxylation is 1. The highest BCUT2D eigenvalue weighted by Crippen LogP contribution is 2.24. The number of pyridine rings is 1. The van der Waals surface area contributed by atoms with Crippen molar-refractivity contribution in [3.63, 3.8) is 0 Å². The molecule has 0 amide bonds. The minimum atomic E-state index is -0.530. The second kappa shape index (κ2) is 6.26. The molecule has 0 aliphatic carbocycles. The van der Waals surface area contributed by atoms with Crippen LogP contribution in [0.3, 0.4) is 0 Å². The van der Waals surface area contributed by atoms with E-state index in [0.29, 0.717) is 5.69 Å². The number of rotatable bonds is 4. The number of hydrogen-bond acceptors (Lipinski definition) is 4. The summed E-state index contributed by atoms with van der Waals surface area (Å²) < 4.78 is 13.8. The van der Waals surface area contributed by atoms with Crippen molar-refractivity contribution in [2.24, 2.45) is 0 Å². The Balaban J connectivity index is 2.27. The molecule has 2 aromatic heterocycles. The van der Waals surface area contributed by atoms with Gasteiger partial charge in [0, 0.05) is 6.20 Å². The Morgan fingerprint density at radius 1 is 1.33 bits per heavy atom. The zero-order valence-electron chi connectivity index (χ0n) is 12.0. The molecule has 0 spiro atoms. The molecule has 4 nitrogen and oxygen atoms in total. The molecular formula is C15H15ClFN3O. The Morgan fingerprint density at radius 2 is 2.05 bits per heavy atom. The molecule has 6 heteroatoms. The third-order valence-corrected chi connectivity index (χ3v) is 3.22. The summed E-state index contributed by atoms with van der Waals surface area (Å²) in [4.78, 5) is 24.4. The lowest BCUT2D eigenvalue weighted by atomic mass is 10.1. The molecule has 0 N–H and O–H groups in total. The lowest BCUT2D eigenvalue weighted by molar-refractivity contribution is 0.0986. The molecule has 2 aromatic rings. The lowest BCUT2D eigenvalue weighted by Gasteiger charge is -2.10. The predicted octanol–water partition coefficient (Wildman–Crippen LogP) is 3.52. The van der Waals surface area contributed by atoms with Gasteiger partial charge in [-0.05, 0) is 18.9 Å². The summed E-state index contributed by atoms with van der Waals surface area (Å²) in [5, 5.41) is -0.0218. The number of hydrogen-bond donors (Lipinski definition) is 0. The van der Waals surface area contributed by atoms with E-state index in [9.17, 15) is 9.18 Å². The van der Waals surface area contributed by atoms with E-state index in [2.05, 4.69) is 15.0 Å². The number of aromatic nitrogens is 3. The number of carbonyl (C=O) groups excluding carboxylic acids is 1. The first-order chi connectivity index (χ1) is 9.88. The first-order valence-corrected chi connectivity index (χ1v) is 6.93. The molecule has 2 rings (SSSR count). The fourth-order valence-electron chi connectivity index (χ4n) is 1.83. The first kappa shape index (κ1) is 15.5. The van der Waals surface area contributed by atoms with Gasteiger partial charge in [-0.2, -0.15) is 0 Å². The van der Waals surface area contributed by atoms with Crippen LogP contribution in [-0.2, 0) is 6.42 Å². The van der Waals surface area contributed by atoms with Crippen LogP contribution in [0.2, 0.25) is 5.02 Å². The molecule has 0 fully saturated rings. The zero-order chi connectivity index (χ0) is 15.6. The lowest BCUT2D eigenvalue weighted by Crippen LogP contribution is -2.10. The maximum Gasteiger partial charge on any atom is 0.188 e. The minimum Gasteiger partial charge on any atom is -0.292 e. The average Bonchev–Trinajstić information content (AvgIpc) is 2.43. The third kappa shape index (κ3) is 3.61. The van der Waals surface area contributed by atoms with Crippen LogP contribution in [0.25, 0.3) is 0 Å².